The molecule has 0 aliphatic rings. The normalized spacial score (nSPS) is 10.9. The molecule has 0 amide bonds. The summed E-state index contributed by atoms with van der Waals surface area (Å²) in [6.07, 6.45) is 4.21. The number of rotatable bonds is 7. The third kappa shape index (κ3) is 4.54. The van der Waals surface area contributed by atoms with Crippen LogP contribution in [0.25, 0.3) is 12.2 Å². The Hall–Kier alpha value is -3.94. The summed E-state index contributed by atoms with van der Waals surface area (Å²) >= 11 is 0. The number of carbonyl (C=O) groups excluding carboxylic acids is 2. The van der Waals surface area contributed by atoms with Crippen LogP contribution in [0.15, 0.2) is 60.7 Å². The Labute approximate surface area is 147 Å². The minimum Gasteiger partial charge on any atom is -0.286 e. The lowest BCUT2D eigenvalue weighted by atomic mass is 10.1. The van der Waals surface area contributed by atoms with Crippen LogP contribution in [0.5, 0.6) is 0 Å². The van der Waals surface area contributed by atoms with Crippen LogP contribution < -0.4 is 0 Å². The van der Waals surface area contributed by atoms with Crippen LogP contribution in [0.4, 0.5) is 11.4 Å². The summed E-state index contributed by atoms with van der Waals surface area (Å²) in [4.78, 5) is 44.3. The van der Waals surface area contributed by atoms with E-state index in [0.717, 1.165) is 12.2 Å². The number of nitro benzene ring substituents is 2. The highest BCUT2D eigenvalue weighted by Crippen LogP contribution is 2.20. The summed E-state index contributed by atoms with van der Waals surface area (Å²) in [5.74, 6) is -1.81. The number of hydrogen-bond donors (Lipinski definition) is 0. The molecular formula is C18H12N2O6. The van der Waals surface area contributed by atoms with E-state index in [0.29, 0.717) is 0 Å². The molecule has 0 saturated heterocycles. The van der Waals surface area contributed by atoms with Crippen molar-refractivity contribution in [3.8, 4) is 0 Å². The van der Waals surface area contributed by atoms with Crippen LogP contribution in [-0.4, -0.2) is 21.4 Å². The fourth-order valence-electron chi connectivity index (χ4n) is 2.08. The molecule has 0 radical (unpaired) electrons. The molecule has 8 nitrogen and oxygen atoms in total. The van der Waals surface area contributed by atoms with Crippen molar-refractivity contribution < 1.29 is 19.4 Å². The molecule has 0 heterocycles. The molecule has 0 N–H and O–H groups in total. The van der Waals surface area contributed by atoms with Gasteiger partial charge in [0, 0.05) is 12.1 Å². The largest absolute Gasteiger partial charge is 0.286 e. The third-order valence-corrected chi connectivity index (χ3v) is 3.34. The first-order chi connectivity index (χ1) is 12.4. The zero-order valence-electron chi connectivity index (χ0n) is 13.3. The van der Waals surface area contributed by atoms with Gasteiger partial charge in [-0.15, -0.1) is 0 Å². The van der Waals surface area contributed by atoms with Crippen molar-refractivity contribution in [3.63, 3.8) is 0 Å². The van der Waals surface area contributed by atoms with Crippen LogP contribution in [0.3, 0.4) is 0 Å². The third-order valence-electron chi connectivity index (χ3n) is 3.34. The van der Waals surface area contributed by atoms with Crippen molar-refractivity contribution >= 4 is 35.1 Å². The molecule has 0 aromatic heterocycles. The second-order valence-corrected chi connectivity index (χ2v) is 5.03. The second-order valence-electron chi connectivity index (χ2n) is 5.03. The maximum atomic E-state index is 11.8. The highest BCUT2D eigenvalue weighted by Gasteiger charge is 2.13. The topological polar surface area (TPSA) is 120 Å². The van der Waals surface area contributed by atoms with Crippen molar-refractivity contribution in [2.45, 2.75) is 0 Å². The maximum Gasteiger partial charge on any atom is 0.276 e. The Morgan fingerprint density at radius 3 is 1.38 bits per heavy atom. The highest BCUT2D eigenvalue weighted by molar-refractivity contribution is 6.46. The molecule has 130 valence electrons. The monoisotopic (exact) mass is 352 g/mol. The smallest absolute Gasteiger partial charge is 0.276 e. The molecule has 0 bridgehead atoms. The van der Waals surface area contributed by atoms with E-state index in [9.17, 15) is 29.8 Å². The van der Waals surface area contributed by atoms with Gasteiger partial charge >= 0.3 is 0 Å². The van der Waals surface area contributed by atoms with Gasteiger partial charge in [0.05, 0.1) is 21.0 Å². The number of carbonyl (C=O) groups is 2. The van der Waals surface area contributed by atoms with Crippen molar-refractivity contribution in [1.29, 1.82) is 0 Å². The number of hydrogen-bond acceptors (Lipinski definition) is 6. The highest BCUT2D eigenvalue weighted by atomic mass is 16.6. The van der Waals surface area contributed by atoms with E-state index in [1.165, 1.54) is 48.6 Å². The lowest BCUT2D eigenvalue weighted by Crippen LogP contribution is -2.07. The van der Waals surface area contributed by atoms with Gasteiger partial charge in [-0.3, -0.25) is 29.8 Å². The van der Waals surface area contributed by atoms with Gasteiger partial charge in [0.2, 0.25) is 11.6 Å². The Kier molecular flexibility index (Phi) is 5.83. The van der Waals surface area contributed by atoms with E-state index in [-0.39, 0.29) is 22.5 Å². The van der Waals surface area contributed by atoms with Gasteiger partial charge in [-0.2, -0.15) is 0 Å². The number of ketones is 2. The van der Waals surface area contributed by atoms with Gasteiger partial charge in [-0.25, -0.2) is 0 Å². The Morgan fingerprint density at radius 1 is 0.692 bits per heavy atom. The standard InChI is InChI=1S/C18H12N2O6/c21-17(11-9-13-5-1-3-7-15(13)19(23)24)18(22)12-10-14-6-2-4-8-16(14)20(25)26/h1-12H/b11-9+,12-10?. The zero-order valence-corrected chi connectivity index (χ0v) is 13.3. The first-order valence-corrected chi connectivity index (χ1v) is 7.31. The lowest BCUT2D eigenvalue weighted by Gasteiger charge is -1.96. The number of allylic oxidation sites excluding steroid dienone is 2. The van der Waals surface area contributed by atoms with Gasteiger partial charge in [0.25, 0.3) is 11.4 Å². The van der Waals surface area contributed by atoms with Crippen LogP contribution in [0, 0.1) is 20.2 Å². The van der Waals surface area contributed by atoms with Crippen molar-refractivity contribution in [2.75, 3.05) is 0 Å². The minimum atomic E-state index is -0.905. The second kappa shape index (κ2) is 8.25. The fraction of sp³-hybridized carbons (Fsp3) is 0. The van der Waals surface area contributed by atoms with Crippen molar-refractivity contribution in [3.05, 3.63) is 92.0 Å². The molecule has 0 unspecified atom stereocenters. The maximum absolute atomic E-state index is 11.8. The Morgan fingerprint density at radius 2 is 1.04 bits per heavy atom. The molecule has 26 heavy (non-hydrogen) atoms. The molecule has 0 aliphatic carbocycles. The van der Waals surface area contributed by atoms with Gasteiger partial charge in [-0.1, -0.05) is 24.3 Å². The van der Waals surface area contributed by atoms with E-state index in [1.54, 1.807) is 12.1 Å². The molecule has 0 atom stereocenters. The molecule has 0 saturated carbocycles. The molecule has 2 aromatic rings. The fourth-order valence-corrected chi connectivity index (χ4v) is 2.08. The van der Waals surface area contributed by atoms with Crippen LogP contribution in [0.2, 0.25) is 0 Å². The van der Waals surface area contributed by atoms with Gasteiger partial charge in [0.15, 0.2) is 0 Å². The van der Waals surface area contributed by atoms with Crippen molar-refractivity contribution in [1.82, 2.24) is 0 Å². The molecule has 0 spiro atoms. The molecule has 0 aliphatic heterocycles. The summed E-state index contributed by atoms with van der Waals surface area (Å²) in [5, 5.41) is 21.8. The summed E-state index contributed by atoms with van der Waals surface area (Å²) < 4.78 is 0. The van der Waals surface area contributed by atoms with Crippen LogP contribution >= 0.6 is 0 Å². The average molecular weight is 352 g/mol. The number of benzene rings is 2. The van der Waals surface area contributed by atoms with E-state index in [2.05, 4.69) is 0 Å². The molecule has 2 aromatic carbocycles. The van der Waals surface area contributed by atoms with Gasteiger partial charge < -0.3 is 0 Å². The first-order valence-electron chi connectivity index (χ1n) is 7.31. The van der Waals surface area contributed by atoms with E-state index < -0.39 is 21.4 Å². The van der Waals surface area contributed by atoms with E-state index in [4.69, 9.17) is 0 Å². The predicted octanol–water partition coefficient (Wildman–Crippen LogP) is 3.37. The average Bonchev–Trinajstić information content (AvgIpc) is 2.64. The molecular weight excluding hydrogens is 340 g/mol. The SMILES string of the molecule is O=C(C=Cc1ccccc1[N+](=O)[O-])C(=O)/C=C/c1ccccc1[N+](=O)[O-]. The number of nitrogens with zero attached hydrogens (tertiary/aromatic N) is 2. The summed E-state index contributed by atoms with van der Waals surface area (Å²) in [6.45, 7) is 0. The Bertz CT molecular complexity index is 869. The predicted molar refractivity (Wildman–Crippen MR) is 94.3 cm³/mol. The number of nitro groups is 2. The first kappa shape index (κ1) is 18.4. The molecule has 0 fully saturated rings. The van der Waals surface area contributed by atoms with E-state index in [1.807, 2.05) is 0 Å². The van der Waals surface area contributed by atoms with Gasteiger partial charge in [-0.05, 0) is 36.4 Å². The summed E-state index contributed by atoms with van der Waals surface area (Å²) in [7, 11) is 0. The lowest BCUT2D eigenvalue weighted by molar-refractivity contribution is -0.385. The van der Waals surface area contributed by atoms with Crippen LogP contribution in [0.1, 0.15) is 11.1 Å². The quantitative estimate of drug-likeness (QED) is 0.326. The minimum absolute atomic E-state index is 0.182. The number of para-hydroxylation sites is 2. The molecule has 2 rings (SSSR count). The summed E-state index contributed by atoms with van der Waals surface area (Å²) in [6, 6.07) is 11.5. The Balaban J connectivity index is 2.15. The molecule has 8 heteroatoms. The van der Waals surface area contributed by atoms with E-state index >= 15 is 0 Å². The zero-order chi connectivity index (χ0) is 19.1. The van der Waals surface area contributed by atoms with Crippen LogP contribution in [-0.2, 0) is 9.59 Å². The van der Waals surface area contributed by atoms with Crippen molar-refractivity contribution in [2.24, 2.45) is 0 Å². The van der Waals surface area contributed by atoms with Gasteiger partial charge in [0.1, 0.15) is 0 Å². The summed E-state index contributed by atoms with van der Waals surface area (Å²) in [5.41, 5.74) is -0.0263.